The second-order valence-corrected chi connectivity index (χ2v) is 12.2. The van der Waals surface area contributed by atoms with Crippen LogP contribution in [0, 0.1) is 5.41 Å². The molecule has 186 valence electrons. The zero-order valence-corrected chi connectivity index (χ0v) is 25.6. The Morgan fingerprint density at radius 1 is 0.781 bits per heavy atom. The Morgan fingerprint density at radius 2 is 1.03 bits per heavy atom. The van der Waals surface area contributed by atoms with Gasteiger partial charge in [-0.1, -0.05) is 86.6 Å². The number of allylic oxidation sites excluding steroid dienone is 7. The van der Waals surface area contributed by atoms with E-state index >= 15 is 0 Å². The molecule has 1 aliphatic carbocycles. The Balaban J connectivity index is -0.000000162. The fourth-order valence-corrected chi connectivity index (χ4v) is 2.30. The molecule has 0 unspecified atom stereocenters. The predicted molar refractivity (Wildman–Crippen MR) is 134 cm³/mol. The van der Waals surface area contributed by atoms with E-state index in [1.165, 1.54) is 26.2 Å². The van der Waals surface area contributed by atoms with Gasteiger partial charge in [-0.25, -0.2) is 0 Å². The monoisotopic (exact) mass is 484 g/mol. The summed E-state index contributed by atoms with van der Waals surface area (Å²) in [7, 11) is 0. The number of hydrogen-bond acceptors (Lipinski definition) is 3. The van der Waals surface area contributed by atoms with E-state index in [-0.39, 0.29) is 0 Å². The van der Waals surface area contributed by atoms with Gasteiger partial charge < -0.3 is 15.3 Å². The zero-order chi connectivity index (χ0) is 27.3. The van der Waals surface area contributed by atoms with Crippen molar-refractivity contribution in [2.45, 2.75) is 128 Å². The van der Waals surface area contributed by atoms with Gasteiger partial charge >= 0.3 is 81.1 Å². The maximum absolute atomic E-state index is 10.1. The molecule has 0 aliphatic heterocycles. The molecular formula is C28H52O3Ti. The van der Waals surface area contributed by atoms with Gasteiger partial charge in [0.1, 0.15) is 0 Å². The van der Waals surface area contributed by atoms with Crippen LogP contribution >= 0.6 is 0 Å². The molecule has 0 amide bonds. The van der Waals surface area contributed by atoms with Crippen LogP contribution < -0.4 is 15.3 Å². The van der Waals surface area contributed by atoms with E-state index in [0.717, 1.165) is 0 Å². The van der Waals surface area contributed by atoms with Crippen LogP contribution in [-0.4, -0.2) is 16.8 Å². The van der Waals surface area contributed by atoms with Crippen molar-refractivity contribution in [1.29, 1.82) is 0 Å². The molecule has 1 aliphatic rings. The molecular weight excluding hydrogens is 432 g/mol. The summed E-state index contributed by atoms with van der Waals surface area (Å²) in [5.74, 6) is 0. The minimum absolute atomic E-state index is 0.314. The van der Waals surface area contributed by atoms with Crippen molar-refractivity contribution in [3.8, 4) is 0 Å². The molecule has 0 aromatic heterocycles. The van der Waals surface area contributed by atoms with Gasteiger partial charge in [-0.15, -0.1) is 16.8 Å². The SMILES string of the molecule is C=CC(C)=CC.CC(C)(C)[O-].CC(C)(C)[O-].CC(C)(C)[O-].CC1=C(C)C(C)(C)[C]([Ti+3])=C1C. The van der Waals surface area contributed by atoms with Gasteiger partial charge in [-0.2, -0.15) is 0 Å². The molecule has 0 fully saturated rings. The predicted octanol–water partition coefficient (Wildman–Crippen LogP) is 5.76. The summed E-state index contributed by atoms with van der Waals surface area (Å²) in [5.41, 5.74) is 3.82. The minimum atomic E-state index is -0.750. The van der Waals surface area contributed by atoms with Crippen LogP contribution in [0.2, 0.25) is 0 Å². The van der Waals surface area contributed by atoms with Crippen molar-refractivity contribution >= 4 is 0 Å². The molecule has 0 spiro atoms. The molecule has 0 bridgehead atoms. The topological polar surface area (TPSA) is 69.2 Å². The second kappa shape index (κ2) is 16.2. The van der Waals surface area contributed by atoms with E-state index in [9.17, 15) is 15.3 Å². The number of rotatable bonds is 1. The fourth-order valence-electron chi connectivity index (χ4n) is 1.71. The fraction of sp³-hybridized carbons (Fsp3) is 0.714. The van der Waals surface area contributed by atoms with E-state index in [1.807, 2.05) is 26.0 Å². The standard InChI is InChI=1S/C10H15.C6H10.3C4H9O.Ti/c1-7-6-10(4,5)9(3)8(7)2;1-4-6(3)5-2;3*1-4(2,3)5;/h1-5H3;4-5H,1H2,2-3H3;3*1-3H3;/q;;3*-1;+3. The van der Waals surface area contributed by atoms with Gasteiger partial charge in [0.15, 0.2) is 0 Å². The first-order chi connectivity index (χ1) is 13.7. The maximum atomic E-state index is 10.1. The first kappa shape index (κ1) is 38.8. The summed E-state index contributed by atoms with van der Waals surface area (Å²) in [6, 6.07) is 0. The summed E-state index contributed by atoms with van der Waals surface area (Å²) in [4.78, 5) is 0. The summed E-state index contributed by atoms with van der Waals surface area (Å²) in [6.45, 7) is 33.6. The third kappa shape index (κ3) is 31.7. The van der Waals surface area contributed by atoms with Crippen molar-refractivity contribution in [2.75, 3.05) is 0 Å². The van der Waals surface area contributed by atoms with Crippen LogP contribution in [0.5, 0.6) is 0 Å². The molecule has 0 heterocycles. The van der Waals surface area contributed by atoms with Crippen LogP contribution in [0.25, 0.3) is 0 Å². The van der Waals surface area contributed by atoms with E-state index < -0.39 is 16.8 Å². The summed E-state index contributed by atoms with van der Waals surface area (Å²) >= 11 is 2.25. The average molecular weight is 485 g/mol. The molecule has 0 aromatic rings. The molecule has 0 atom stereocenters. The molecule has 3 nitrogen and oxygen atoms in total. The Bertz CT molecular complexity index is 557. The summed E-state index contributed by atoms with van der Waals surface area (Å²) in [6.07, 6.45) is 3.85. The van der Waals surface area contributed by atoms with Crippen molar-refractivity contribution in [3.63, 3.8) is 0 Å². The molecule has 0 saturated heterocycles. The Morgan fingerprint density at radius 3 is 1.06 bits per heavy atom. The summed E-state index contributed by atoms with van der Waals surface area (Å²) in [5, 5.41) is 30.3. The molecule has 4 heteroatoms. The van der Waals surface area contributed by atoms with Crippen molar-refractivity contribution in [3.05, 3.63) is 44.9 Å². The second-order valence-electron chi connectivity index (χ2n) is 11.4. The Labute approximate surface area is 213 Å². The molecule has 32 heavy (non-hydrogen) atoms. The van der Waals surface area contributed by atoms with Crippen LogP contribution in [0.15, 0.2) is 44.9 Å². The first-order valence-electron chi connectivity index (χ1n) is 11.2. The third-order valence-corrected chi connectivity index (χ3v) is 5.40. The van der Waals surface area contributed by atoms with Gasteiger partial charge in [0.2, 0.25) is 0 Å². The van der Waals surface area contributed by atoms with E-state index in [1.54, 1.807) is 62.3 Å². The Hall–Kier alpha value is -0.446. The molecule has 0 saturated carbocycles. The average Bonchev–Trinajstić information content (AvgIpc) is 2.65. The van der Waals surface area contributed by atoms with Crippen molar-refractivity contribution in [2.24, 2.45) is 5.41 Å². The van der Waals surface area contributed by atoms with Gasteiger partial charge in [0.05, 0.1) is 0 Å². The normalized spacial score (nSPS) is 15.8. The number of hydrogen-bond donors (Lipinski definition) is 0. The van der Waals surface area contributed by atoms with Crippen LogP contribution in [0.1, 0.15) is 111 Å². The van der Waals surface area contributed by atoms with Gasteiger partial charge in [-0.05, 0) is 13.8 Å². The van der Waals surface area contributed by atoms with Crippen LogP contribution in [-0.2, 0) is 20.4 Å². The molecule has 0 aromatic carbocycles. The molecule has 0 N–H and O–H groups in total. The third-order valence-electron chi connectivity index (χ3n) is 3.84. The van der Waals surface area contributed by atoms with Gasteiger partial charge in [0.25, 0.3) is 0 Å². The van der Waals surface area contributed by atoms with E-state index in [2.05, 4.69) is 61.6 Å². The van der Waals surface area contributed by atoms with E-state index in [0.29, 0.717) is 5.41 Å². The van der Waals surface area contributed by atoms with Gasteiger partial charge in [0, 0.05) is 0 Å². The van der Waals surface area contributed by atoms with Gasteiger partial charge in [-0.3, -0.25) is 0 Å². The van der Waals surface area contributed by atoms with Crippen molar-refractivity contribution < 1.29 is 35.8 Å². The van der Waals surface area contributed by atoms with Crippen LogP contribution in [0.3, 0.4) is 0 Å². The van der Waals surface area contributed by atoms with Crippen molar-refractivity contribution in [1.82, 2.24) is 0 Å². The first-order valence-corrected chi connectivity index (χ1v) is 12.0. The molecule has 1 rings (SSSR count). The van der Waals surface area contributed by atoms with E-state index in [4.69, 9.17) is 0 Å². The molecule has 0 radical (unpaired) electrons. The summed E-state index contributed by atoms with van der Waals surface area (Å²) < 4.78 is 1.53. The quantitative estimate of drug-likeness (QED) is 0.351. The Kier molecular flexibility index (Phi) is 19.7. The van der Waals surface area contributed by atoms with Crippen LogP contribution in [0.4, 0.5) is 0 Å². The zero-order valence-electron chi connectivity index (χ0n) is 24.1.